The zero-order chi connectivity index (χ0) is 15.5. The lowest BCUT2D eigenvalue weighted by Crippen LogP contribution is -2.33. The third-order valence-corrected chi connectivity index (χ3v) is 4.23. The summed E-state index contributed by atoms with van der Waals surface area (Å²) < 4.78 is 5.41. The van der Waals surface area contributed by atoms with Crippen molar-refractivity contribution in [3.05, 3.63) is 40.8 Å². The van der Waals surface area contributed by atoms with E-state index in [0.29, 0.717) is 28.3 Å². The average molecular weight is 321 g/mol. The van der Waals surface area contributed by atoms with E-state index < -0.39 is 0 Å². The van der Waals surface area contributed by atoms with E-state index in [4.69, 9.17) is 16.0 Å². The molecule has 0 aromatic carbocycles. The van der Waals surface area contributed by atoms with Crippen molar-refractivity contribution in [2.24, 2.45) is 5.92 Å². The van der Waals surface area contributed by atoms with E-state index in [9.17, 15) is 4.79 Å². The van der Waals surface area contributed by atoms with Crippen molar-refractivity contribution in [1.82, 2.24) is 20.5 Å². The van der Waals surface area contributed by atoms with Crippen molar-refractivity contribution in [2.45, 2.75) is 38.6 Å². The fourth-order valence-electron chi connectivity index (χ4n) is 2.88. The molecule has 0 bridgehead atoms. The Hall–Kier alpha value is -1.95. The third-order valence-electron chi connectivity index (χ3n) is 3.92. The number of aromatic nitrogens is 3. The first-order valence-electron chi connectivity index (χ1n) is 7.31. The maximum atomic E-state index is 12.2. The monoisotopic (exact) mass is 320 g/mol. The Morgan fingerprint density at radius 1 is 1.45 bits per heavy atom. The Bertz CT molecular complexity index is 673. The second-order valence-corrected chi connectivity index (χ2v) is 6.03. The van der Waals surface area contributed by atoms with Crippen LogP contribution in [0.2, 0.25) is 5.02 Å². The van der Waals surface area contributed by atoms with Crippen molar-refractivity contribution < 1.29 is 9.21 Å². The Morgan fingerprint density at radius 3 is 3.05 bits per heavy atom. The van der Waals surface area contributed by atoms with Gasteiger partial charge in [-0.3, -0.25) is 9.78 Å². The molecule has 0 spiro atoms. The average Bonchev–Trinajstić information content (AvgIpc) is 3.09. The molecule has 1 fully saturated rings. The topological polar surface area (TPSA) is 80.9 Å². The fraction of sp³-hybridized carbons (Fsp3) is 0.467. The Balaban J connectivity index is 1.55. The van der Waals surface area contributed by atoms with Gasteiger partial charge in [0.15, 0.2) is 0 Å². The molecule has 2 heterocycles. The standard InChI is InChI=1S/C15H17ClN4O2/c1-9-19-20-14(22-9)7-10-2-3-11(6-10)18-15(21)12-4-5-17-8-13(12)16/h4-5,8,10-11H,2-3,6-7H2,1H3,(H,18,21)/t10-,11+/m1/s1. The van der Waals surface area contributed by atoms with Crippen LogP contribution in [0, 0.1) is 12.8 Å². The number of halogens is 1. The molecule has 0 aliphatic heterocycles. The number of amides is 1. The van der Waals surface area contributed by atoms with Crippen molar-refractivity contribution in [1.29, 1.82) is 0 Å². The molecule has 1 amide bonds. The van der Waals surface area contributed by atoms with Crippen LogP contribution in [0.1, 0.15) is 41.4 Å². The Morgan fingerprint density at radius 2 is 2.32 bits per heavy atom. The molecule has 1 N–H and O–H groups in total. The zero-order valence-electron chi connectivity index (χ0n) is 12.3. The number of nitrogens with zero attached hydrogens (tertiary/aromatic N) is 3. The summed E-state index contributed by atoms with van der Waals surface area (Å²) in [6, 6.07) is 1.79. The third kappa shape index (κ3) is 3.44. The summed E-state index contributed by atoms with van der Waals surface area (Å²) in [5.41, 5.74) is 0.465. The Kier molecular flexibility index (Phi) is 4.38. The Labute approximate surface area is 133 Å². The number of carbonyl (C=O) groups is 1. The van der Waals surface area contributed by atoms with Gasteiger partial charge in [0, 0.05) is 31.8 Å². The molecule has 0 saturated heterocycles. The molecule has 2 aromatic heterocycles. The minimum atomic E-state index is -0.147. The van der Waals surface area contributed by atoms with Gasteiger partial charge in [0.05, 0.1) is 10.6 Å². The molecule has 7 heteroatoms. The number of aryl methyl sites for hydroxylation is 1. The lowest BCUT2D eigenvalue weighted by atomic mass is 10.0. The lowest BCUT2D eigenvalue weighted by Gasteiger charge is -2.13. The van der Waals surface area contributed by atoms with Crippen LogP contribution in [-0.2, 0) is 6.42 Å². The first kappa shape index (κ1) is 15.0. The van der Waals surface area contributed by atoms with Crippen LogP contribution in [0.5, 0.6) is 0 Å². The van der Waals surface area contributed by atoms with E-state index in [1.165, 1.54) is 6.20 Å². The highest BCUT2D eigenvalue weighted by molar-refractivity contribution is 6.33. The van der Waals surface area contributed by atoms with E-state index >= 15 is 0 Å². The predicted molar refractivity (Wildman–Crippen MR) is 80.6 cm³/mol. The highest BCUT2D eigenvalue weighted by atomic mass is 35.5. The van der Waals surface area contributed by atoms with Crippen molar-refractivity contribution in [3.63, 3.8) is 0 Å². The van der Waals surface area contributed by atoms with Crippen LogP contribution >= 0.6 is 11.6 Å². The SMILES string of the molecule is Cc1nnc(C[C@@H]2CC[C@H](NC(=O)c3ccncc3Cl)C2)o1. The molecule has 116 valence electrons. The molecule has 22 heavy (non-hydrogen) atoms. The van der Waals surface area contributed by atoms with E-state index in [1.54, 1.807) is 19.2 Å². The van der Waals surface area contributed by atoms with Crippen LogP contribution < -0.4 is 5.32 Å². The number of hydrogen-bond acceptors (Lipinski definition) is 5. The summed E-state index contributed by atoms with van der Waals surface area (Å²) in [6.45, 7) is 1.78. The lowest BCUT2D eigenvalue weighted by molar-refractivity contribution is 0.0937. The summed E-state index contributed by atoms with van der Waals surface area (Å²) in [5.74, 6) is 1.57. The molecule has 1 aliphatic carbocycles. The quantitative estimate of drug-likeness (QED) is 0.936. The molecule has 0 unspecified atom stereocenters. The van der Waals surface area contributed by atoms with Crippen LogP contribution in [0.4, 0.5) is 0 Å². The van der Waals surface area contributed by atoms with E-state index in [1.807, 2.05) is 0 Å². The number of carbonyl (C=O) groups excluding carboxylic acids is 1. The summed E-state index contributed by atoms with van der Waals surface area (Å²) in [6.07, 6.45) is 6.71. The van der Waals surface area contributed by atoms with Crippen LogP contribution in [-0.4, -0.2) is 27.1 Å². The summed E-state index contributed by atoms with van der Waals surface area (Å²) in [4.78, 5) is 16.1. The molecule has 1 aliphatic rings. The normalized spacial score (nSPS) is 21.0. The largest absolute Gasteiger partial charge is 0.426 e. The van der Waals surface area contributed by atoms with Gasteiger partial charge in [-0.2, -0.15) is 0 Å². The molecule has 3 rings (SSSR count). The summed E-state index contributed by atoms with van der Waals surface area (Å²) in [7, 11) is 0. The van der Waals surface area contributed by atoms with Gasteiger partial charge in [0.25, 0.3) is 5.91 Å². The van der Waals surface area contributed by atoms with Crippen molar-refractivity contribution in [3.8, 4) is 0 Å². The summed E-state index contributed by atoms with van der Waals surface area (Å²) >= 11 is 5.99. The maximum absolute atomic E-state index is 12.2. The van der Waals surface area contributed by atoms with E-state index in [0.717, 1.165) is 25.7 Å². The molecule has 2 atom stereocenters. The van der Waals surface area contributed by atoms with Gasteiger partial charge < -0.3 is 9.73 Å². The zero-order valence-corrected chi connectivity index (χ0v) is 13.0. The second-order valence-electron chi connectivity index (χ2n) is 5.62. The van der Waals surface area contributed by atoms with Crippen LogP contribution in [0.25, 0.3) is 0 Å². The fourth-order valence-corrected chi connectivity index (χ4v) is 3.09. The second kappa shape index (κ2) is 6.44. The first-order valence-corrected chi connectivity index (χ1v) is 7.69. The van der Waals surface area contributed by atoms with E-state index in [2.05, 4.69) is 20.5 Å². The van der Waals surface area contributed by atoms with Crippen molar-refractivity contribution in [2.75, 3.05) is 0 Å². The van der Waals surface area contributed by atoms with Gasteiger partial charge in [-0.05, 0) is 31.2 Å². The van der Waals surface area contributed by atoms with Gasteiger partial charge in [0.2, 0.25) is 11.8 Å². The van der Waals surface area contributed by atoms with Crippen molar-refractivity contribution >= 4 is 17.5 Å². The molecular formula is C15H17ClN4O2. The molecule has 1 saturated carbocycles. The summed E-state index contributed by atoms with van der Waals surface area (Å²) in [5, 5.41) is 11.3. The smallest absolute Gasteiger partial charge is 0.253 e. The van der Waals surface area contributed by atoms with Gasteiger partial charge >= 0.3 is 0 Å². The first-order chi connectivity index (χ1) is 10.6. The molecular weight excluding hydrogens is 304 g/mol. The highest BCUT2D eigenvalue weighted by Crippen LogP contribution is 2.29. The van der Waals surface area contributed by atoms with Crippen LogP contribution in [0.3, 0.4) is 0 Å². The van der Waals surface area contributed by atoms with Gasteiger partial charge in [0.1, 0.15) is 0 Å². The number of rotatable bonds is 4. The predicted octanol–water partition coefficient (Wildman–Crippen LogP) is 2.57. The highest BCUT2D eigenvalue weighted by Gasteiger charge is 2.28. The molecule has 2 aromatic rings. The maximum Gasteiger partial charge on any atom is 0.253 e. The van der Waals surface area contributed by atoms with Crippen LogP contribution in [0.15, 0.2) is 22.9 Å². The minimum Gasteiger partial charge on any atom is -0.426 e. The molecule has 6 nitrogen and oxygen atoms in total. The van der Waals surface area contributed by atoms with Gasteiger partial charge in [-0.25, -0.2) is 0 Å². The minimum absolute atomic E-state index is 0.147. The van der Waals surface area contributed by atoms with Gasteiger partial charge in [-0.1, -0.05) is 11.6 Å². The number of nitrogens with one attached hydrogen (secondary N) is 1. The van der Waals surface area contributed by atoms with E-state index in [-0.39, 0.29) is 11.9 Å². The number of hydrogen-bond donors (Lipinski definition) is 1. The number of pyridine rings is 1. The molecule has 0 radical (unpaired) electrons. The van der Waals surface area contributed by atoms with Gasteiger partial charge in [-0.15, -0.1) is 10.2 Å².